The molecule has 0 spiro atoms. The van der Waals surface area contributed by atoms with E-state index in [2.05, 4.69) is 4.98 Å². The Morgan fingerprint density at radius 2 is 1.80 bits per heavy atom. The zero-order valence-corrected chi connectivity index (χ0v) is 17.5. The van der Waals surface area contributed by atoms with Crippen LogP contribution in [0.5, 0.6) is 0 Å². The van der Waals surface area contributed by atoms with Gasteiger partial charge < -0.3 is 10.6 Å². The standard InChI is InChI=1S/C23H28N4O3/c1-3-5-14-27-21(24)20(22(29)25-23(27)30)26(13-4-2)19(28)15-17-11-8-10-16-9-6-7-12-18(16)17/h6-12H,3-5,13-15,24H2,1-2H3,(H,25,29,30). The molecule has 7 nitrogen and oxygen atoms in total. The van der Waals surface area contributed by atoms with Gasteiger partial charge in [0.2, 0.25) is 5.91 Å². The van der Waals surface area contributed by atoms with Crippen molar-refractivity contribution >= 4 is 28.2 Å². The Hall–Kier alpha value is -3.35. The fourth-order valence-electron chi connectivity index (χ4n) is 3.67. The normalized spacial score (nSPS) is 11.0. The van der Waals surface area contributed by atoms with E-state index >= 15 is 0 Å². The highest BCUT2D eigenvalue weighted by Gasteiger charge is 2.24. The van der Waals surface area contributed by atoms with Gasteiger partial charge in [0.1, 0.15) is 5.82 Å². The van der Waals surface area contributed by atoms with E-state index in [9.17, 15) is 14.4 Å². The Morgan fingerprint density at radius 1 is 1.07 bits per heavy atom. The van der Waals surface area contributed by atoms with Gasteiger partial charge in [0.25, 0.3) is 5.56 Å². The molecule has 1 aromatic heterocycles. The number of carbonyl (C=O) groups is 1. The summed E-state index contributed by atoms with van der Waals surface area (Å²) in [7, 11) is 0. The summed E-state index contributed by atoms with van der Waals surface area (Å²) in [5.74, 6) is -0.192. The average molecular weight is 409 g/mol. The maximum Gasteiger partial charge on any atom is 0.330 e. The molecule has 0 saturated heterocycles. The van der Waals surface area contributed by atoms with Crippen LogP contribution in [-0.4, -0.2) is 22.0 Å². The Morgan fingerprint density at radius 3 is 2.53 bits per heavy atom. The van der Waals surface area contributed by atoms with Crippen LogP contribution in [0, 0.1) is 0 Å². The molecule has 1 amide bonds. The number of hydrogen-bond donors (Lipinski definition) is 2. The minimum atomic E-state index is -0.634. The van der Waals surface area contributed by atoms with Gasteiger partial charge in [0, 0.05) is 13.1 Å². The molecule has 158 valence electrons. The quantitative estimate of drug-likeness (QED) is 0.598. The van der Waals surface area contributed by atoms with Gasteiger partial charge in [0.15, 0.2) is 5.69 Å². The molecule has 0 unspecified atom stereocenters. The first-order chi connectivity index (χ1) is 14.5. The average Bonchev–Trinajstić information content (AvgIpc) is 2.73. The lowest BCUT2D eigenvalue weighted by molar-refractivity contribution is -0.118. The lowest BCUT2D eigenvalue weighted by Crippen LogP contribution is -2.42. The van der Waals surface area contributed by atoms with Gasteiger partial charge in [-0.2, -0.15) is 0 Å². The number of amides is 1. The van der Waals surface area contributed by atoms with Crippen LogP contribution in [0.4, 0.5) is 11.5 Å². The number of H-pyrrole nitrogens is 1. The largest absolute Gasteiger partial charge is 0.383 e. The molecule has 7 heteroatoms. The number of aromatic amines is 1. The predicted octanol–water partition coefficient (Wildman–Crippen LogP) is 3.06. The lowest BCUT2D eigenvalue weighted by Gasteiger charge is -2.24. The zero-order valence-electron chi connectivity index (χ0n) is 17.5. The molecule has 0 radical (unpaired) electrons. The van der Waals surface area contributed by atoms with Crippen molar-refractivity contribution in [1.29, 1.82) is 0 Å². The van der Waals surface area contributed by atoms with Gasteiger partial charge in [0.05, 0.1) is 6.42 Å². The minimum Gasteiger partial charge on any atom is -0.383 e. The Bertz CT molecular complexity index is 1160. The van der Waals surface area contributed by atoms with Crippen LogP contribution < -0.4 is 21.9 Å². The summed E-state index contributed by atoms with van der Waals surface area (Å²) in [6.45, 7) is 4.66. The van der Waals surface area contributed by atoms with Crippen molar-refractivity contribution < 1.29 is 4.79 Å². The minimum absolute atomic E-state index is 0.0388. The second-order valence-corrected chi connectivity index (χ2v) is 7.36. The molecular weight excluding hydrogens is 380 g/mol. The fraction of sp³-hybridized carbons (Fsp3) is 0.348. The van der Waals surface area contributed by atoms with E-state index in [1.807, 2.05) is 56.3 Å². The third-order valence-electron chi connectivity index (χ3n) is 5.19. The Labute approximate surface area is 175 Å². The summed E-state index contributed by atoms with van der Waals surface area (Å²) < 4.78 is 1.34. The number of nitrogen functional groups attached to an aromatic ring is 1. The molecule has 0 aliphatic carbocycles. The summed E-state index contributed by atoms with van der Waals surface area (Å²) in [5, 5.41) is 2.05. The van der Waals surface area contributed by atoms with Gasteiger partial charge in [-0.1, -0.05) is 62.7 Å². The number of carbonyl (C=O) groups excluding carboxylic acids is 1. The van der Waals surface area contributed by atoms with Crippen LogP contribution in [0.25, 0.3) is 10.8 Å². The van der Waals surface area contributed by atoms with Gasteiger partial charge in [-0.05, 0) is 29.2 Å². The molecule has 0 bridgehead atoms. The Balaban J connectivity index is 2.02. The molecule has 2 aromatic carbocycles. The van der Waals surface area contributed by atoms with Crippen molar-refractivity contribution in [3.63, 3.8) is 0 Å². The molecule has 0 aliphatic heterocycles. The first kappa shape index (κ1) is 21.4. The van der Waals surface area contributed by atoms with Crippen molar-refractivity contribution in [3.8, 4) is 0 Å². The molecule has 3 aromatic rings. The number of unbranched alkanes of at least 4 members (excludes halogenated alkanes) is 1. The molecule has 1 heterocycles. The maximum atomic E-state index is 13.3. The Kier molecular flexibility index (Phi) is 6.72. The van der Waals surface area contributed by atoms with Crippen LogP contribution in [0.3, 0.4) is 0 Å². The first-order valence-corrected chi connectivity index (χ1v) is 10.4. The highest BCUT2D eigenvalue weighted by atomic mass is 16.2. The molecule has 3 rings (SSSR count). The second kappa shape index (κ2) is 9.43. The van der Waals surface area contributed by atoms with Gasteiger partial charge >= 0.3 is 5.69 Å². The van der Waals surface area contributed by atoms with Crippen molar-refractivity contribution in [2.75, 3.05) is 17.2 Å². The molecule has 0 saturated carbocycles. The topological polar surface area (TPSA) is 101 Å². The van der Waals surface area contributed by atoms with Crippen LogP contribution in [0.1, 0.15) is 38.7 Å². The molecule has 30 heavy (non-hydrogen) atoms. The van der Waals surface area contributed by atoms with E-state index in [1.165, 1.54) is 9.47 Å². The number of aromatic nitrogens is 2. The van der Waals surface area contributed by atoms with E-state index < -0.39 is 11.2 Å². The number of nitrogens with zero attached hydrogens (tertiary/aromatic N) is 2. The first-order valence-electron chi connectivity index (χ1n) is 10.4. The molecular formula is C23H28N4O3. The van der Waals surface area contributed by atoms with E-state index in [4.69, 9.17) is 5.73 Å². The van der Waals surface area contributed by atoms with Crippen LogP contribution in [0.15, 0.2) is 52.1 Å². The maximum absolute atomic E-state index is 13.3. The number of benzene rings is 2. The van der Waals surface area contributed by atoms with E-state index in [0.717, 1.165) is 29.2 Å². The van der Waals surface area contributed by atoms with Gasteiger partial charge in [-0.25, -0.2) is 4.79 Å². The zero-order chi connectivity index (χ0) is 21.7. The second-order valence-electron chi connectivity index (χ2n) is 7.36. The molecule has 0 fully saturated rings. The van der Waals surface area contributed by atoms with Crippen LogP contribution in [-0.2, 0) is 17.8 Å². The smallest absolute Gasteiger partial charge is 0.330 e. The number of anilines is 2. The SMILES string of the molecule is CCCCn1c(N)c(N(CCC)C(=O)Cc2cccc3ccccc23)c(=O)[nH]c1=O. The van der Waals surface area contributed by atoms with Crippen molar-refractivity contribution in [2.24, 2.45) is 0 Å². The van der Waals surface area contributed by atoms with Gasteiger partial charge in [-0.15, -0.1) is 0 Å². The summed E-state index contributed by atoms with van der Waals surface area (Å²) in [6.07, 6.45) is 2.40. The number of hydrogen-bond acceptors (Lipinski definition) is 4. The predicted molar refractivity (Wildman–Crippen MR) is 121 cm³/mol. The van der Waals surface area contributed by atoms with Crippen LogP contribution >= 0.6 is 0 Å². The highest BCUT2D eigenvalue weighted by molar-refractivity contribution is 5.99. The summed E-state index contributed by atoms with van der Waals surface area (Å²) >= 11 is 0. The van der Waals surface area contributed by atoms with E-state index in [-0.39, 0.29) is 23.8 Å². The summed E-state index contributed by atoms with van der Waals surface area (Å²) in [6, 6.07) is 13.7. The van der Waals surface area contributed by atoms with Gasteiger partial charge in [-0.3, -0.25) is 19.1 Å². The van der Waals surface area contributed by atoms with Crippen molar-refractivity contribution in [2.45, 2.75) is 46.1 Å². The molecule has 3 N–H and O–H groups in total. The third kappa shape index (κ3) is 4.30. The van der Waals surface area contributed by atoms with Crippen molar-refractivity contribution in [1.82, 2.24) is 9.55 Å². The number of rotatable bonds is 8. The monoisotopic (exact) mass is 408 g/mol. The van der Waals surface area contributed by atoms with E-state index in [1.54, 1.807) is 0 Å². The number of nitrogens with one attached hydrogen (secondary N) is 1. The third-order valence-corrected chi connectivity index (χ3v) is 5.19. The number of nitrogens with two attached hydrogens (primary N) is 1. The fourth-order valence-corrected chi connectivity index (χ4v) is 3.67. The highest BCUT2D eigenvalue weighted by Crippen LogP contribution is 2.22. The van der Waals surface area contributed by atoms with Crippen molar-refractivity contribution in [3.05, 3.63) is 68.9 Å². The molecule has 0 atom stereocenters. The summed E-state index contributed by atoms with van der Waals surface area (Å²) in [5.41, 5.74) is 5.98. The molecule has 0 aliphatic rings. The van der Waals surface area contributed by atoms with Crippen LogP contribution in [0.2, 0.25) is 0 Å². The summed E-state index contributed by atoms with van der Waals surface area (Å²) in [4.78, 5) is 41.9. The lowest BCUT2D eigenvalue weighted by atomic mass is 10.0. The van der Waals surface area contributed by atoms with E-state index in [0.29, 0.717) is 19.5 Å². The number of fused-ring (bicyclic) bond motifs is 1.